The van der Waals surface area contributed by atoms with E-state index < -0.39 is 5.97 Å². The number of nitrogens with zero attached hydrogens (tertiary/aromatic N) is 1. The van der Waals surface area contributed by atoms with Gasteiger partial charge in [-0.05, 0) is 40.2 Å². The molecule has 0 atom stereocenters. The van der Waals surface area contributed by atoms with E-state index in [2.05, 4.69) is 42.4 Å². The van der Waals surface area contributed by atoms with E-state index in [9.17, 15) is 9.90 Å². The Hall–Kier alpha value is -1.86. The average Bonchev–Trinajstić information content (AvgIpc) is 2.44. The number of aromatic hydroxyl groups is 1. The van der Waals surface area contributed by atoms with E-state index in [1.54, 1.807) is 30.3 Å². The summed E-state index contributed by atoms with van der Waals surface area (Å²) in [6.07, 6.45) is 1.41. The second-order valence-corrected chi connectivity index (χ2v) is 5.82. The Bertz CT molecular complexity index is 717. The number of phenols is 1. The summed E-state index contributed by atoms with van der Waals surface area (Å²) < 4.78 is 1.31. The first-order valence-electron chi connectivity index (χ1n) is 5.78. The van der Waals surface area contributed by atoms with E-state index in [1.807, 2.05) is 0 Å². The van der Waals surface area contributed by atoms with Gasteiger partial charge in [0.05, 0.1) is 21.9 Å². The highest BCUT2D eigenvalue weighted by Crippen LogP contribution is 2.30. The van der Waals surface area contributed by atoms with Crippen LogP contribution in [-0.4, -0.2) is 22.4 Å². The second-order valence-electron chi connectivity index (χ2n) is 4.05. The highest BCUT2D eigenvalue weighted by atomic mass is 79.9. The highest BCUT2D eigenvalue weighted by molar-refractivity contribution is 9.11. The van der Waals surface area contributed by atoms with Crippen LogP contribution in [0.25, 0.3) is 0 Å². The standard InChI is InChI=1S/C14H10Br2N2O3/c15-9-5-8(13(19)11(16)6-9)7-17-18-12-4-2-1-3-10(12)14(20)21/h1-7,18-19H,(H,20,21)/b17-7-. The number of hydrogen-bond acceptors (Lipinski definition) is 4. The van der Waals surface area contributed by atoms with Gasteiger partial charge in [-0.2, -0.15) is 5.10 Å². The normalized spacial score (nSPS) is 10.8. The van der Waals surface area contributed by atoms with E-state index in [0.29, 0.717) is 15.7 Å². The van der Waals surface area contributed by atoms with Crippen molar-refractivity contribution in [3.63, 3.8) is 0 Å². The lowest BCUT2D eigenvalue weighted by atomic mass is 10.2. The number of nitrogens with one attached hydrogen (secondary N) is 1. The minimum absolute atomic E-state index is 0.0512. The number of rotatable bonds is 4. The Labute approximate surface area is 137 Å². The van der Waals surface area contributed by atoms with Crippen LogP contribution >= 0.6 is 31.9 Å². The number of halogens is 2. The van der Waals surface area contributed by atoms with Gasteiger partial charge < -0.3 is 10.2 Å². The first-order chi connectivity index (χ1) is 9.99. The van der Waals surface area contributed by atoms with Crippen LogP contribution in [0.1, 0.15) is 15.9 Å². The highest BCUT2D eigenvalue weighted by Gasteiger charge is 2.08. The number of hydrazone groups is 1. The largest absolute Gasteiger partial charge is 0.506 e. The van der Waals surface area contributed by atoms with E-state index >= 15 is 0 Å². The number of phenolic OH excluding ortho intramolecular Hbond substituents is 1. The SMILES string of the molecule is O=C(O)c1ccccc1N/N=C\c1cc(Br)cc(Br)c1O. The summed E-state index contributed by atoms with van der Waals surface area (Å²) in [4.78, 5) is 11.1. The third-order valence-corrected chi connectivity index (χ3v) is 3.67. The third-order valence-electron chi connectivity index (χ3n) is 2.60. The van der Waals surface area contributed by atoms with Gasteiger partial charge in [0, 0.05) is 10.0 Å². The first-order valence-corrected chi connectivity index (χ1v) is 7.37. The summed E-state index contributed by atoms with van der Waals surface area (Å²) in [6, 6.07) is 9.83. The summed E-state index contributed by atoms with van der Waals surface area (Å²) in [5.74, 6) is -0.989. The van der Waals surface area contributed by atoms with Crippen molar-refractivity contribution in [3.05, 3.63) is 56.5 Å². The predicted octanol–water partition coefficient (Wildman–Crippen LogP) is 4.06. The molecule has 3 N–H and O–H groups in total. The van der Waals surface area contributed by atoms with Crippen LogP contribution < -0.4 is 5.43 Å². The zero-order valence-corrected chi connectivity index (χ0v) is 13.7. The summed E-state index contributed by atoms with van der Waals surface area (Å²) in [5.41, 5.74) is 3.63. The molecule has 7 heteroatoms. The monoisotopic (exact) mass is 412 g/mol. The molecule has 0 aliphatic carbocycles. The van der Waals surface area contributed by atoms with Crippen LogP contribution in [0.3, 0.4) is 0 Å². The quantitative estimate of drug-likeness (QED) is 0.521. The Morgan fingerprint density at radius 1 is 1.24 bits per heavy atom. The van der Waals surface area contributed by atoms with Crippen molar-refractivity contribution in [2.75, 3.05) is 5.43 Å². The smallest absolute Gasteiger partial charge is 0.337 e. The maximum atomic E-state index is 11.1. The van der Waals surface area contributed by atoms with Crippen LogP contribution in [0.5, 0.6) is 5.75 Å². The van der Waals surface area contributed by atoms with Crippen LogP contribution in [0.4, 0.5) is 5.69 Å². The van der Waals surface area contributed by atoms with Crippen molar-refractivity contribution in [2.45, 2.75) is 0 Å². The Morgan fingerprint density at radius 3 is 2.67 bits per heavy atom. The first kappa shape index (κ1) is 15.5. The molecule has 0 fully saturated rings. The summed E-state index contributed by atoms with van der Waals surface area (Å²) in [5, 5.41) is 22.9. The molecule has 0 aliphatic heterocycles. The Morgan fingerprint density at radius 2 is 1.95 bits per heavy atom. The molecule has 2 rings (SSSR count). The molecule has 0 aliphatic rings. The average molecular weight is 414 g/mol. The molecule has 0 heterocycles. The molecular weight excluding hydrogens is 404 g/mol. The van der Waals surface area contributed by atoms with Crippen LogP contribution in [0.2, 0.25) is 0 Å². The molecule has 21 heavy (non-hydrogen) atoms. The van der Waals surface area contributed by atoms with Gasteiger partial charge in [-0.15, -0.1) is 0 Å². The number of aromatic carboxylic acids is 1. The molecular formula is C14H10Br2N2O3. The molecule has 108 valence electrons. The molecule has 0 aromatic heterocycles. The molecule has 2 aromatic rings. The molecule has 0 unspecified atom stereocenters. The number of carbonyl (C=O) groups is 1. The molecule has 0 spiro atoms. The molecule has 0 radical (unpaired) electrons. The van der Waals surface area contributed by atoms with Crippen molar-refractivity contribution in [1.29, 1.82) is 0 Å². The summed E-state index contributed by atoms with van der Waals surface area (Å²) in [7, 11) is 0. The zero-order chi connectivity index (χ0) is 15.4. The molecule has 0 saturated heterocycles. The minimum atomic E-state index is -1.04. The fourth-order valence-corrected chi connectivity index (χ4v) is 2.88. The van der Waals surface area contributed by atoms with Gasteiger partial charge in [0.2, 0.25) is 0 Å². The van der Waals surface area contributed by atoms with Crippen molar-refractivity contribution in [3.8, 4) is 5.75 Å². The van der Waals surface area contributed by atoms with E-state index in [4.69, 9.17) is 5.11 Å². The number of carboxylic acid groups (broad SMARTS) is 1. The molecule has 5 nitrogen and oxygen atoms in total. The maximum absolute atomic E-state index is 11.1. The van der Waals surface area contributed by atoms with Crippen molar-refractivity contribution >= 4 is 49.7 Å². The van der Waals surface area contributed by atoms with E-state index in [1.165, 1.54) is 12.3 Å². The molecule has 2 aromatic carbocycles. The number of para-hydroxylation sites is 1. The van der Waals surface area contributed by atoms with E-state index in [-0.39, 0.29) is 11.3 Å². The van der Waals surface area contributed by atoms with Gasteiger partial charge in [-0.1, -0.05) is 28.1 Å². The molecule has 0 bridgehead atoms. The molecule has 0 amide bonds. The van der Waals surface area contributed by atoms with Gasteiger partial charge >= 0.3 is 5.97 Å². The minimum Gasteiger partial charge on any atom is -0.506 e. The Balaban J connectivity index is 2.23. The van der Waals surface area contributed by atoms with Crippen LogP contribution in [-0.2, 0) is 0 Å². The fraction of sp³-hybridized carbons (Fsp3) is 0. The summed E-state index contributed by atoms with van der Waals surface area (Å²) >= 11 is 6.54. The predicted molar refractivity (Wildman–Crippen MR) is 88.1 cm³/mol. The van der Waals surface area contributed by atoms with Crippen LogP contribution in [0.15, 0.2) is 50.4 Å². The van der Waals surface area contributed by atoms with Gasteiger partial charge in [0.25, 0.3) is 0 Å². The topological polar surface area (TPSA) is 81.9 Å². The van der Waals surface area contributed by atoms with Gasteiger partial charge in [-0.3, -0.25) is 5.43 Å². The zero-order valence-electron chi connectivity index (χ0n) is 10.5. The third kappa shape index (κ3) is 3.83. The number of carboxylic acids is 1. The fourth-order valence-electron chi connectivity index (χ4n) is 1.62. The van der Waals surface area contributed by atoms with Crippen molar-refractivity contribution in [2.24, 2.45) is 5.10 Å². The van der Waals surface area contributed by atoms with Gasteiger partial charge in [-0.25, -0.2) is 4.79 Å². The van der Waals surface area contributed by atoms with E-state index in [0.717, 1.165) is 4.47 Å². The van der Waals surface area contributed by atoms with Crippen molar-refractivity contribution < 1.29 is 15.0 Å². The number of benzene rings is 2. The lowest BCUT2D eigenvalue weighted by Crippen LogP contribution is -2.02. The summed E-state index contributed by atoms with van der Waals surface area (Å²) in [6.45, 7) is 0. The second kappa shape index (κ2) is 6.73. The van der Waals surface area contributed by atoms with Gasteiger partial charge in [0.15, 0.2) is 0 Å². The molecule has 0 saturated carbocycles. The van der Waals surface area contributed by atoms with Crippen molar-refractivity contribution in [1.82, 2.24) is 0 Å². The maximum Gasteiger partial charge on any atom is 0.337 e. The number of hydrogen-bond donors (Lipinski definition) is 3. The number of anilines is 1. The lowest BCUT2D eigenvalue weighted by molar-refractivity contribution is 0.0698. The van der Waals surface area contributed by atoms with Crippen LogP contribution in [0, 0.1) is 0 Å². The Kier molecular flexibility index (Phi) is 4.98. The lowest BCUT2D eigenvalue weighted by Gasteiger charge is -2.05. The van der Waals surface area contributed by atoms with Gasteiger partial charge in [0.1, 0.15) is 5.75 Å².